The third kappa shape index (κ3) is 7.58. The van der Waals surface area contributed by atoms with Crippen LogP contribution in [0.3, 0.4) is 0 Å². The predicted octanol–water partition coefficient (Wildman–Crippen LogP) is 3.51. The van der Waals surface area contributed by atoms with Gasteiger partial charge in [0.05, 0.1) is 49.8 Å². The monoisotopic (exact) mass is 632 g/mol. The van der Waals surface area contributed by atoms with E-state index in [4.69, 9.17) is 14.1 Å². The number of hydrogen-bond acceptors (Lipinski definition) is 9. The van der Waals surface area contributed by atoms with E-state index in [-0.39, 0.29) is 29.7 Å². The van der Waals surface area contributed by atoms with Crippen molar-refractivity contribution in [1.82, 2.24) is 35.5 Å². The Morgan fingerprint density at radius 2 is 2.05 bits per heavy atom. The molecule has 2 aliphatic rings. The molecule has 0 spiro atoms. The van der Waals surface area contributed by atoms with Gasteiger partial charge in [0.15, 0.2) is 17.6 Å². The van der Waals surface area contributed by atoms with Crippen LogP contribution in [0.1, 0.15) is 73.3 Å². The molecule has 44 heavy (non-hydrogen) atoms. The van der Waals surface area contributed by atoms with Crippen molar-refractivity contribution < 1.29 is 45.6 Å². The number of methoxy groups -OCH3 is 1. The third-order valence-electron chi connectivity index (χ3n) is 7.28. The van der Waals surface area contributed by atoms with Gasteiger partial charge in [-0.1, -0.05) is 5.16 Å². The van der Waals surface area contributed by atoms with E-state index in [1.807, 2.05) is 0 Å². The first-order chi connectivity index (χ1) is 20.6. The normalized spacial score (nSPS) is 20.1. The maximum atomic E-state index is 14.2. The molecule has 3 amide bonds. The third-order valence-corrected chi connectivity index (χ3v) is 7.28. The van der Waals surface area contributed by atoms with Gasteiger partial charge in [0.25, 0.3) is 11.8 Å². The molecule has 1 saturated carbocycles. The molecule has 0 aromatic carbocycles. The number of aromatic nitrogens is 4. The summed E-state index contributed by atoms with van der Waals surface area (Å²) in [5.41, 5.74) is 0.652. The van der Waals surface area contributed by atoms with Crippen LogP contribution in [0.15, 0.2) is 21.5 Å². The van der Waals surface area contributed by atoms with Gasteiger partial charge in [0, 0.05) is 19.7 Å². The highest BCUT2D eigenvalue weighted by Crippen LogP contribution is 2.40. The molecule has 1 saturated heterocycles. The predicted molar refractivity (Wildman–Crippen MR) is 144 cm³/mol. The molecule has 242 valence electrons. The molecule has 1 aliphatic heterocycles. The molecule has 2 N–H and O–H groups in total. The highest BCUT2D eigenvalue weighted by molar-refractivity contribution is 5.93. The van der Waals surface area contributed by atoms with E-state index in [9.17, 15) is 31.5 Å². The Bertz CT molecular complexity index is 1390. The van der Waals surface area contributed by atoms with Crippen molar-refractivity contribution in [3.63, 3.8) is 0 Å². The molecule has 18 heteroatoms. The molecule has 0 bridgehead atoms. The molecule has 3 heterocycles. The standard InChI is InChI=1S/C26H33F5N8O5/c1-13(18(10-42-5)38-12-25(27,28)11-33-24(38)41)8-19-34-17(9-39(19)32-4)20(14(2)43-15(3)26(29,30)31)35-23(40)22-21(16-6-7-16)36-44-37-22/h8-9,14-16,18,20H,4,6-7,10-12H2,1-3,5H3,(H,33,41)(H,35,40)/b13-8+/t14-,15+,18-,20+/m1/s1. The Morgan fingerprint density at radius 1 is 1.34 bits per heavy atom. The first kappa shape index (κ1) is 33.0. The minimum absolute atomic E-state index is 0.00903. The number of urea groups is 1. The summed E-state index contributed by atoms with van der Waals surface area (Å²) in [6.45, 7) is 5.44. The summed E-state index contributed by atoms with van der Waals surface area (Å²) in [6, 6.07) is -2.90. The summed E-state index contributed by atoms with van der Waals surface area (Å²) in [7, 11) is 1.35. The lowest BCUT2D eigenvalue weighted by Gasteiger charge is -2.38. The second kappa shape index (κ2) is 13.0. The van der Waals surface area contributed by atoms with Crippen molar-refractivity contribution in [1.29, 1.82) is 0 Å². The van der Waals surface area contributed by atoms with E-state index < -0.39 is 61.4 Å². The number of halogens is 5. The molecular weight excluding hydrogens is 599 g/mol. The Morgan fingerprint density at radius 3 is 2.66 bits per heavy atom. The van der Waals surface area contributed by atoms with E-state index in [0.29, 0.717) is 11.3 Å². The second-order valence-electron chi connectivity index (χ2n) is 10.8. The highest BCUT2D eigenvalue weighted by Gasteiger charge is 2.43. The highest BCUT2D eigenvalue weighted by atomic mass is 19.4. The average molecular weight is 633 g/mol. The fraction of sp³-hybridized carbons (Fsp3) is 0.615. The van der Waals surface area contributed by atoms with Gasteiger partial charge in [-0.05, 0) is 50.4 Å². The maximum Gasteiger partial charge on any atom is 0.414 e. The first-order valence-electron chi connectivity index (χ1n) is 13.7. The van der Waals surface area contributed by atoms with Crippen LogP contribution in [0.4, 0.5) is 26.7 Å². The van der Waals surface area contributed by atoms with E-state index >= 15 is 0 Å². The van der Waals surface area contributed by atoms with Gasteiger partial charge < -0.3 is 25.0 Å². The van der Waals surface area contributed by atoms with Crippen molar-refractivity contribution in [2.24, 2.45) is 5.10 Å². The summed E-state index contributed by atoms with van der Waals surface area (Å²) in [4.78, 5) is 31.1. The van der Waals surface area contributed by atoms with Crippen molar-refractivity contribution in [3.8, 4) is 0 Å². The van der Waals surface area contributed by atoms with Crippen LogP contribution < -0.4 is 10.6 Å². The van der Waals surface area contributed by atoms with Crippen LogP contribution in [0.5, 0.6) is 0 Å². The van der Waals surface area contributed by atoms with Crippen LogP contribution in [0.25, 0.3) is 6.08 Å². The molecular formula is C26H33F5N8O5. The van der Waals surface area contributed by atoms with Crippen LogP contribution in [0.2, 0.25) is 0 Å². The smallest absolute Gasteiger partial charge is 0.382 e. The molecule has 2 fully saturated rings. The molecule has 1 aliphatic carbocycles. The maximum absolute atomic E-state index is 14.2. The fourth-order valence-electron chi connectivity index (χ4n) is 4.72. The molecule has 2 aromatic rings. The summed E-state index contributed by atoms with van der Waals surface area (Å²) in [5, 5.41) is 16.1. The topological polar surface area (TPSA) is 149 Å². The summed E-state index contributed by atoms with van der Waals surface area (Å²) >= 11 is 0. The van der Waals surface area contributed by atoms with Gasteiger partial charge in [-0.25, -0.2) is 27.9 Å². The number of nitrogens with zero attached hydrogens (tertiary/aromatic N) is 6. The zero-order chi connectivity index (χ0) is 32.4. The van der Waals surface area contributed by atoms with E-state index in [2.05, 4.69) is 37.7 Å². The van der Waals surface area contributed by atoms with Crippen molar-refractivity contribution in [2.75, 3.05) is 26.8 Å². The molecule has 0 unspecified atom stereocenters. The Hall–Kier alpha value is -3.93. The zero-order valence-electron chi connectivity index (χ0n) is 24.4. The number of nitrogens with one attached hydrogen (secondary N) is 2. The van der Waals surface area contributed by atoms with Crippen LogP contribution in [-0.2, 0) is 9.47 Å². The minimum atomic E-state index is -4.68. The van der Waals surface area contributed by atoms with Crippen LogP contribution in [-0.4, -0.2) is 101 Å². The van der Waals surface area contributed by atoms with E-state index in [0.717, 1.165) is 24.7 Å². The van der Waals surface area contributed by atoms with Crippen molar-refractivity contribution in [3.05, 3.63) is 34.7 Å². The van der Waals surface area contributed by atoms with Gasteiger partial charge in [0.1, 0.15) is 5.69 Å². The number of hydrogen-bond donors (Lipinski definition) is 2. The largest absolute Gasteiger partial charge is 0.414 e. The number of imidazole rings is 1. The van der Waals surface area contributed by atoms with Crippen molar-refractivity contribution in [2.45, 2.75) is 75.9 Å². The number of carbonyl (C=O) groups is 2. The number of alkyl halides is 5. The number of carbonyl (C=O) groups excluding carboxylic acids is 2. The lowest BCUT2D eigenvalue weighted by molar-refractivity contribution is -0.227. The fourth-order valence-corrected chi connectivity index (χ4v) is 4.72. The number of amides is 3. The summed E-state index contributed by atoms with van der Waals surface area (Å²) in [6.07, 6.45) is -3.80. The summed E-state index contributed by atoms with van der Waals surface area (Å²) in [5.74, 6) is -3.87. The first-order valence-corrected chi connectivity index (χ1v) is 13.7. The number of rotatable bonds is 13. The second-order valence-corrected chi connectivity index (χ2v) is 10.8. The molecule has 4 atom stereocenters. The Labute approximate surface area is 248 Å². The lowest BCUT2D eigenvalue weighted by Crippen LogP contribution is -2.60. The summed E-state index contributed by atoms with van der Waals surface area (Å²) < 4.78 is 84.8. The van der Waals surface area contributed by atoms with E-state index in [1.54, 1.807) is 6.92 Å². The Kier molecular flexibility index (Phi) is 9.72. The van der Waals surface area contributed by atoms with Gasteiger partial charge in [-0.2, -0.15) is 18.3 Å². The quantitative estimate of drug-likeness (QED) is 0.252. The van der Waals surface area contributed by atoms with E-state index in [1.165, 1.54) is 31.0 Å². The zero-order valence-corrected chi connectivity index (χ0v) is 24.4. The molecule has 13 nitrogen and oxygen atoms in total. The van der Waals surface area contributed by atoms with Gasteiger partial charge in [0.2, 0.25) is 0 Å². The van der Waals surface area contributed by atoms with Gasteiger partial charge >= 0.3 is 12.2 Å². The lowest BCUT2D eigenvalue weighted by atomic mass is 10.1. The molecule has 4 rings (SSSR count). The number of ether oxygens (including phenoxy) is 2. The van der Waals surface area contributed by atoms with Crippen LogP contribution in [0, 0.1) is 0 Å². The SMILES string of the molecule is C=Nn1cc([C@@H](NC(=O)c2nonc2C2CC2)[C@@H](C)O[C@@H](C)C(F)(F)F)nc1/C=C(\C)[C@@H](COC)N1CC(F)(F)CNC1=O. The minimum Gasteiger partial charge on any atom is -0.382 e. The average Bonchev–Trinajstić information content (AvgIpc) is 3.53. The molecule has 0 radical (unpaired) electrons. The van der Waals surface area contributed by atoms with Gasteiger partial charge in [-0.15, -0.1) is 0 Å². The Balaban J connectivity index is 1.67. The van der Waals surface area contributed by atoms with Gasteiger partial charge in [-0.3, -0.25) is 4.79 Å². The molecule has 2 aromatic heterocycles. The van der Waals surface area contributed by atoms with Crippen molar-refractivity contribution >= 4 is 24.7 Å². The van der Waals surface area contributed by atoms with Crippen LogP contribution >= 0.6 is 0 Å².